The zero-order valence-corrected chi connectivity index (χ0v) is 30.7. The highest BCUT2D eigenvalue weighted by Crippen LogP contribution is 2.43. The van der Waals surface area contributed by atoms with E-state index in [-0.39, 0.29) is 42.1 Å². The van der Waals surface area contributed by atoms with Gasteiger partial charge in [-0.1, -0.05) is 24.3 Å². The summed E-state index contributed by atoms with van der Waals surface area (Å²) < 4.78 is 0. The molecule has 7 rings (SSSR count). The van der Waals surface area contributed by atoms with Gasteiger partial charge in [-0.15, -0.1) is 0 Å². The average Bonchev–Trinajstić information content (AvgIpc) is 4.11. The number of carboxylic acids is 1. The number of nitrogens with one attached hydrogen (secondary N) is 4. The van der Waals surface area contributed by atoms with Crippen LogP contribution in [-0.4, -0.2) is 67.9 Å². The fourth-order valence-corrected chi connectivity index (χ4v) is 7.47. The first-order valence-corrected chi connectivity index (χ1v) is 18.9. The van der Waals surface area contributed by atoms with Crippen molar-refractivity contribution in [1.29, 1.82) is 0 Å². The number of aliphatic hydroxyl groups is 2. The molecule has 2 heterocycles. The summed E-state index contributed by atoms with van der Waals surface area (Å²) in [5.41, 5.74) is 9.47. The lowest BCUT2D eigenvalue weighted by Crippen LogP contribution is -2.39. The summed E-state index contributed by atoms with van der Waals surface area (Å²) in [5, 5.41) is 41.4. The Morgan fingerprint density at radius 1 is 0.759 bits per heavy atom. The van der Waals surface area contributed by atoms with Gasteiger partial charge >= 0.3 is 5.97 Å². The molecule has 12 heteroatoms. The average molecular weight is 733 g/mol. The van der Waals surface area contributed by atoms with E-state index in [0.717, 1.165) is 89.5 Å². The number of aliphatic hydroxyl groups excluding tert-OH is 2. The minimum atomic E-state index is -1.13. The number of hydrogen-bond acceptors (Lipinski definition) is 9. The lowest BCUT2D eigenvalue weighted by atomic mass is 9.94. The number of hydrogen-bond donors (Lipinski definition) is 7. The molecular formula is C42H48N6O6. The van der Waals surface area contributed by atoms with E-state index in [1.165, 1.54) is 0 Å². The molecule has 282 valence electrons. The maximum absolute atomic E-state index is 13.6. The van der Waals surface area contributed by atoms with Crippen molar-refractivity contribution >= 4 is 29.2 Å². The van der Waals surface area contributed by atoms with E-state index in [4.69, 9.17) is 0 Å². The second-order valence-electron chi connectivity index (χ2n) is 14.9. The number of aliphatic carboxylic acids is 1. The Bertz CT molecular complexity index is 2060. The van der Waals surface area contributed by atoms with Gasteiger partial charge in [0.2, 0.25) is 0 Å². The van der Waals surface area contributed by atoms with E-state index in [1.807, 2.05) is 56.3 Å². The molecule has 12 nitrogen and oxygen atoms in total. The minimum Gasteiger partial charge on any atom is -0.480 e. The number of rotatable bonds is 15. The molecule has 0 aliphatic heterocycles. The van der Waals surface area contributed by atoms with Crippen molar-refractivity contribution < 1.29 is 29.7 Å². The third-order valence-electron chi connectivity index (χ3n) is 11.1. The van der Waals surface area contributed by atoms with E-state index in [9.17, 15) is 29.7 Å². The topological polar surface area (TPSA) is 186 Å². The van der Waals surface area contributed by atoms with E-state index in [2.05, 4.69) is 31.2 Å². The van der Waals surface area contributed by atoms with Crippen molar-refractivity contribution in [2.24, 2.45) is 0 Å². The lowest BCUT2D eigenvalue weighted by molar-refractivity contribution is -0.140. The van der Waals surface area contributed by atoms with Crippen LogP contribution < -0.4 is 21.3 Å². The van der Waals surface area contributed by atoms with Gasteiger partial charge in [-0.05, 0) is 139 Å². The summed E-state index contributed by atoms with van der Waals surface area (Å²) in [6, 6.07) is 14.2. The normalized spacial score (nSPS) is 18.7. The maximum atomic E-state index is 13.6. The predicted octanol–water partition coefficient (Wildman–Crippen LogP) is 5.56. The first-order valence-electron chi connectivity index (χ1n) is 18.9. The summed E-state index contributed by atoms with van der Waals surface area (Å²) >= 11 is 0. The Hall–Kier alpha value is -5.01. The molecular weight excluding hydrogens is 684 g/mol. The molecule has 3 aliphatic rings. The highest BCUT2D eigenvalue weighted by molar-refractivity contribution is 6.05. The molecule has 0 spiro atoms. The molecule has 54 heavy (non-hydrogen) atoms. The standard InChI is InChI=1S/C42H48N6O6/c1-23-29(6-3-8-33(23)47-40(51)36-16-31(25-12-13-25)27(19-44-36)18-43-35-10-5-11-39(35)50)30-7-4-9-34(24(30)2)48-41(52)37-17-32(26-14-15-26)28(20-45-37)21-46-38(22-49)42(53)54/h3-4,6-9,16-17,19-20,25-26,35,38-39,43,46,49-50H,5,10-15,18,21-22H2,1-2H3,(H,47,51)(H,48,52)(H,53,54)/t35-,38-,39-/m1/s1. The van der Waals surface area contributed by atoms with Gasteiger partial charge in [0.1, 0.15) is 17.4 Å². The highest BCUT2D eigenvalue weighted by atomic mass is 16.4. The highest BCUT2D eigenvalue weighted by Gasteiger charge is 2.30. The van der Waals surface area contributed by atoms with Crippen LogP contribution in [0.1, 0.15) is 111 Å². The van der Waals surface area contributed by atoms with Crippen LogP contribution in [0.25, 0.3) is 11.1 Å². The molecule has 3 fully saturated rings. The van der Waals surface area contributed by atoms with Gasteiger partial charge in [0.25, 0.3) is 11.8 Å². The van der Waals surface area contributed by atoms with Gasteiger partial charge in [-0.3, -0.25) is 29.7 Å². The third-order valence-corrected chi connectivity index (χ3v) is 11.1. The fourth-order valence-electron chi connectivity index (χ4n) is 7.47. The number of carboxylic acid groups (broad SMARTS) is 1. The van der Waals surface area contributed by atoms with Gasteiger partial charge < -0.3 is 31.3 Å². The molecule has 7 N–H and O–H groups in total. The van der Waals surface area contributed by atoms with Crippen molar-refractivity contribution in [2.45, 2.75) is 102 Å². The van der Waals surface area contributed by atoms with Crippen LogP contribution in [0.3, 0.4) is 0 Å². The number of anilines is 2. The third kappa shape index (κ3) is 8.37. The number of carbonyl (C=O) groups excluding carboxylic acids is 2. The van der Waals surface area contributed by atoms with Crippen molar-refractivity contribution in [3.8, 4) is 11.1 Å². The number of aromatic nitrogens is 2. The van der Waals surface area contributed by atoms with Gasteiger partial charge in [0, 0.05) is 42.9 Å². The molecule has 0 unspecified atom stereocenters. The molecule has 2 aromatic heterocycles. The van der Waals surface area contributed by atoms with Gasteiger partial charge in [-0.25, -0.2) is 0 Å². The quantitative estimate of drug-likeness (QED) is 0.0817. The summed E-state index contributed by atoms with van der Waals surface area (Å²) in [7, 11) is 0. The minimum absolute atomic E-state index is 0.0927. The molecule has 0 radical (unpaired) electrons. The SMILES string of the molecule is Cc1c(NC(=O)c2cc(C3CC3)c(CN[C@H](CO)C(=O)O)cn2)cccc1-c1cccc(NC(=O)c2cc(C3CC3)c(CN[C@@H]3CCC[C@H]3O)cn2)c1C. The molecule has 3 atom stereocenters. The molecule has 3 aliphatic carbocycles. The van der Waals surface area contributed by atoms with Crippen molar-refractivity contribution in [3.63, 3.8) is 0 Å². The predicted molar refractivity (Wildman–Crippen MR) is 206 cm³/mol. The smallest absolute Gasteiger partial charge is 0.323 e. The van der Waals surface area contributed by atoms with Gasteiger partial charge in [0.15, 0.2) is 0 Å². The van der Waals surface area contributed by atoms with E-state index < -0.39 is 18.6 Å². The number of amides is 2. The van der Waals surface area contributed by atoms with Crippen LogP contribution in [0.15, 0.2) is 60.9 Å². The Labute approximate surface area is 314 Å². The molecule has 2 amide bonds. The summed E-state index contributed by atoms with van der Waals surface area (Å²) in [4.78, 5) is 47.4. The first-order chi connectivity index (χ1) is 26.1. The van der Waals surface area contributed by atoms with Crippen LogP contribution in [0, 0.1) is 13.8 Å². The van der Waals surface area contributed by atoms with Crippen LogP contribution >= 0.6 is 0 Å². The van der Waals surface area contributed by atoms with Crippen LogP contribution in [0.2, 0.25) is 0 Å². The van der Waals surface area contributed by atoms with E-state index in [1.54, 1.807) is 18.5 Å². The van der Waals surface area contributed by atoms with Crippen LogP contribution in [-0.2, 0) is 17.9 Å². The van der Waals surface area contributed by atoms with Crippen molar-refractivity contribution in [3.05, 3.63) is 106 Å². The zero-order valence-electron chi connectivity index (χ0n) is 30.7. The van der Waals surface area contributed by atoms with Crippen molar-refractivity contribution in [2.75, 3.05) is 17.2 Å². The Morgan fingerprint density at radius 2 is 1.28 bits per heavy atom. The molecule has 4 aromatic rings. The summed E-state index contributed by atoms with van der Waals surface area (Å²) in [6.45, 7) is 4.21. The van der Waals surface area contributed by atoms with Crippen LogP contribution in [0.5, 0.6) is 0 Å². The van der Waals surface area contributed by atoms with E-state index >= 15 is 0 Å². The Kier molecular flexibility index (Phi) is 11.2. The number of benzene rings is 2. The molecule has 0 saturated heterocycles. The molecule has 0 bridgehead atoms. The summed E-state index contributed by atoms with van der Waals surface area (Å²) in [5.74, 6) is -1.07. The first kappa shape index (κ1) is 37.3. The lowest BCUT2D eigenvalue weighted by Gasteiger charge is -2.18. The number of nitrogens with zero attached hydrogens (tertiary/aromatic N) is 2. The Balaban J connectivity index is 1.05. The Morgan fingerprint density at radius 3 is 1.72 bits per heavy atom. The molecule has 3 saturated carbocycles. The molecule has 2 aromatic carbocycles. The van der Waals surface area contributed by atoms with Gasteiger partial charge in [-0.2, -0.15) is 0 Å². The van der Waals surface area contributed by atoms with E-state index in [0.29, 0.717) is 29.5 Å². The monoisotopic (exact) mass is 732 g/mol. The van der Waals surface area contributed by atoms with Crippen molar-refractivity contribution in [1.82, 2.24) is 20.6 Å². The maximum Gasteiger partial charge on any atom is 0.323 e. The fraction of sp³-hybridized carbons (Fsp3) is 0.405. The zero-order chi connectivity index (χ0) is 37.9. The van der Waals surface area contributed by atoms with Crippen LogP contribution in [0.4, 0.5) is 11.4 Å². The second kappa shape index (κ2) is 16.2. The number of carbonyl (C=O) groups is 3. The number of pyridine rings is 2. The second-order valence-corrected chi connectivity index (χ2v) is 14.9. The largest absolute Gasteiger partial charge is 0.480 e. The van der Waals surface area contributed by atoms with Gasteiger partial charge in [0.05, 0.1) is 12.7 Å². The summed E-state index contributed by atoms with van der Waals surface area (Å²) in [6.07, 6.45) is 10.0.